The summed E-state index contributed by atoms with van der Waals surface area (Å²) in [5.74, 6) is 0. The minimum atomic E-state index is -1.03. The largest absolute Gasteiger partial charge is 0.387 e. The van der Waals surface area contributed by atoms with Crippen LogP contribution in [0.1, 0.15) is 32.6 Å². The maximum atomic E-state index is 12.7. The van der Waals surface area contributed by atoms with Gasteiger partial charge in [0.05, 0.1) is 5.60 Å². The molecule has 1 nitrogen and oxygen atoms in total. The van der Waals surface area contributed by atoms with Gasteiger partial charge in [-0.05, 0) is 19.8 Å². The van der Waals surface area contributed by atoms with Gasteiger partial charge in [0.25, 0.3) is 0 Å². The summed E-state index contributed by atoms with van der Waals surface area (Å²) in [7, 11) is 0. The van der Waals surface area contributed by atoms with Gasteiger partial charge < -0.3 is 5.11 Å². The monoisotopic (exact) mass is 132 g/mol. The van der Waals surface area contributed by atoms with Crippen LogP contribution in [-0.4, -0.2) is 16.9 Å². The Balaban J connectivity index is 2.49. The molecule has 0 saturated heterocycles. The fourth-order valence-corrected chi connectivity index (χ4v) is 1.27. The van der Waals surface area contributed by atoms with Crippen LogP contribution < -0.4 is 0 Å². The van der Waals surface area contributed by atoms with E-state index in [0.29, 0.717) is 12.8 Å². The molecule has 0 heterocycles. The molecule has 0 aromatic heterocycles. The third-order valence-corrected chi connectivity index (χ3v) is 2.07. The van der Waals surface area contributed by atoms with E-state index in [1.165, 1.54) is 0 Å². The Hall–Kier alpha value is -0.110. The minimum Gasteiger partial charge on any atom is -0.387 e. The fraction of sp³-hybridized carbons (Fsp3) is 1.00. The lowest BCUT2D eigenvalue weighted by Crippen LogP contribution is -2.38. The molecule has 1 aliphatic carbocycles. The van der Waals surface area contributed by atoms with E-state index in [-0.39, 0.29) is 0 Å². The van der Waals surface area contributed by atoms with Gasteiger partial charge in [-0.3, -0.25) is 0 Å². The highest BCUT2D eigenvalue weighted by Gasteiger charge is 2.34. The van der Waals surface area contributed by atoms with Crippen molar-refractivity contribution >= 4 is 0 Å². The maximum absolute atomic E-state index is 12.7. The van der Waals surface area contributed by atoms with E-state index >= 15 is 0 Å². The Labute approximate surface area is 54.9 Å². The van der Waals surface area contributed by atoms with Gasteiger partial charge in [0.2, 0.25) is 0 Å². The Morgan fingerprint density at radius 1 is 1.56 bits per heavy atom. The molecule has 2 heteroatoms. The van der Waals surface area contributed by atoms with Gasteiger partial charge in [-0.15, -0.1) is 0 Å². The quantitative estimate of drug-likeness (QED) is 0.531. The molecule has 1 aliphatic rings. The van der Waals surface area contributed by atoms with Gasteiger partial charge in [-0.1, -0.05) is 12.8 Å². The summed E-state index contributed by atoms with van der Waals surface area (Å²) < 4.78 is 12.7. The average Bonchev–Trinajstić information content (AvgIpc) is 1.77. The highest BCUT2D eigenvalue weighted by Crippen LogP contribution is 2.29. The standard InChI is InChI=1S/C7H13FO/c1-7(9)5-3-2-4-6(7)8/h6,9H,2-5H2,1H3/t6-,7+/m1/s1. The summed E-state index contributed by atoms with van der Waals surface area (Å²) in [6.45, 7) is 1.58. The van der Waals surface area contributed by atoms with Gasteiger partial charge in [-0.25, -0.2) is 4.39 Å². The van der Waals surface area contributed by atoms with Crippen LogP contribution in [0.3, 0.4) is 0 Å². The second-order valence-corrected chi connectivity index (χ2v) is 3.07. The number of aliphatic hydroxyl groups is 1. The van der Waals surface area contributed by atoms with Crippen molar-refractivity contribution in [3.05, 3.63) is 0 Å². The second-order valence-electron chi connectivity index (χ2n) is 3.07. The zero-order valence-corrected chi connectivity index (χ0v) is 5.73. The molecule has 0 spiro atoms. The van der Waals surface area contributed by atoms with Gasteiger partial charge in [0.1, 0.15) is 6.17 Å². The third-order valence-electron chi connectivity index (χ3n) is 2.07. The Kier molecular flexibility index (Phi) is 1.75. The number of hydrogen-bond acceptors (Lipinski definition) is 1. The van der Waals surface area contributed by atoms with Crippen molar-refractivity contribution in [2.45, 2.75) is 44.4 Å². The van der Waals surface area contributed by atoms with Crippen LogP contribution in [0.15, 0.2) is 0 Å². The van der Waals surface area contributed by atoms with E-state index in [9.17, 15) is 9.50 Å². The lowest BCUT2D eigenvalue weighted by molar-refractivity contribution is -0.0472. The van der Waals surface area contributed by atoms with E-state index in [1.54, 1.807) is 6.92 Å². The molecule has 54 valence electrons. The topological polar surface area (TPSA) is 20.2 Å². The molecule has 0 unspecified atom stereocenters. The van der Waals surface area contributed by atoms with Crippen molar-refractivity contribution in [1.29, 1.82) is 0 Å². The van der Waals surface area contributed by atoms with E-state index in [4.69, 9.17) is 0 Å². The smallest absolute Gasteiger partial charge is 0.128 e. The zero-order valence-electron chi connectivity index (χ0n) is 5.73. The van der Waals surface area contributed by atoms with Crippen LogP contribution in [0.2, 0.25) is 0 Å². The van der Waals surface area contributed by atoms with Crippen LogP contribution in [0.5, 0.6) is 0 Å². The molecule has 9 heavy (non-hydrogen) atoms. The molecule has 1 saturated carbocycles. The summed E-state index contributed by atoms with van der Waals surface area (Å²) >= 11 is 0. The molecule has 1 rings (SSSR count). The van der Waals surface area contributed by atoms with Gasteiger partial charge in [-0.2, -0.15) is 0 Å². The fourth-order valence-electron chi connectivity index (χ4n) is 1.27. The minimum absolute atomic E-state index is 0.535. The first kappa shape index (κ1) is 7.00. The SMILES string of the molecule is C[C@]1(O)CCCC[C@H]1F. The summed E-state index contributed by atoms with van der Waals surface area (Å²) in [5.41, 5.74) is -1.03. The van der Waals surface area contributed by atoms with Crippen molar-refractivity contribution in [2.75, 3.05) is 0 Å². The first-order chi connectivity index (χ1) is 4.13. The molecule has 0 bridgehead atoms. The molecule has 1 fully saturated rings. The lowest BCUT2D eigenvalue weighted by Gasteiger charge is -2.31. The Morgan fingerprint density at radius 2 is 2.22 bits per heavy atom. The van der Waals surface area contributed by atoms with Crippen molar-refractivity contribution < 1.29 is 9.50 Å². The number of alkyl halides is 1. The second kappa shape index (κ2) is 2.25. The summed E-state index contributed by atoms with van der Waals surface area (Å²) in [6.07, 6.45) is 2.05. The summed E-state index contributed by atoms with van der Waals surface area (Å²) in [5, 5.41) is 9.27. The maximum Gasteiger partial charge on any atom is 0.128 e. The molecular weight excluding hydrogens is 119 g/mol. The molecule has 0 aromatic rings. The van der Waals surface area contributed by atoms with Crippen LogP contribution >= 0.6 is 0 Å². The molecule has 0 radical (unpaired) electrons. The van der Waals surface area contributed by atoms with Crippen LogP contribution in [0.25, 0.3) is 0 Å². The number of rotatable bonds is 0. The number of halogens is 1. The molecule has 0 aliphatic heterocycles. The predicted molar refractivity (Wildman–Crippen MR) is 34.0 cm³/mol. The molecule has 0 aromatic carbocycles. The van der Waals surface area contributed by atoms with E-state index in [1.807, 2.05) is 0 Å². The van der Waals surface area contributed by atoms with E-state index in [2.05, 4.69) is 0 Å². The first-order valence-corrected chi connectivity index (χ1v) is 3.49. The zero-order chi connectivity index (χ0) is 6.91. The van der Waals surface area contributed by atoms with Crippen molar-refractivity contribution in [3.63, 3.8) is 0 Å². The van der Waals surface area contributed by atoms with Gasteiger partial charge in [0.15, 0.2) is 0 Å². The number of hydrogen-bond donors (Lipinski definition) is 1. The van der Waals surface area contributed by atoms with Crippen molar-refractivity contribution in [1.82, 2.24) is 0 Å². The molecule has 2 atom stereocenters. The Morgan fingerprint density at radius 3 is 2.56 bits per heavy atom. The van der Waals surface area contributed by atoms with Crippen molar-refractivity contribution in [2.24, 2.45) is 0 Å². The molecule has 1 N–H and O–H groups in total. The van der Waals surface area contributed by atoms with Crippen LogP contribution in [0, 0.1) is 0 Å². The average molecular weight is 132 g/mol. The Bertz CT molecular complexity index is 101. The van der Waals surface area contributed by atoms with Crippen molar-refractivity contribution in [3.8, 4) is 0 Å². The van der Waals surface area contributed by atoms with Gasteiger partial charge >= 0.3 is 0 Å². The van der Waals surface area contributed by atoms with Crippen LogP contribution in [0.4, 0.5) is 4.39 Å². The molecular formula is C7H13FO. The third kappa shape index (κ3) is 1.42. The summed E-state index contributed by atoms with van der Waals surface area (Å²) in [6, 6.07) is 0. The lowest BCUT2D eigenvalue weighted by atomic mass is 9.85. The highest BCUT2D eigenvalue weighted by molar-refractivity contribution is 4.85. The molecule has 0 amide bonds. The predicted octanol–water partition coefficient (Wildman–Crippen LogP) is 1.65. The van der Waals surface area contributed by atoms with E-state index in [0.717, 1.165) is 12.8 Å². The van der Waals surface area contributed by atoms with Gasteiger partial charge in [0, 0.05) is 0 Å². The summed E-state index contributed by atoms with van der Waals surface area (Å²) in [4.78, 5) is 0. The normalized spacial score (nSPS) is 45.0. The first-order valence-electron chi connectivity index (χ1n) is 3.49. The van der Waals surface area contributed by atoms with E-state index < -0.39 is 11.8 Å². The van der Waals surface area contributed by atoms with Crippen LogP contribution in [-0.2, 0) is 0 Å². The highest BCUT2D eigenvalue weighted by atomic mass is 19.1.